The molecule has 0 amide bonds. The molecule has 2 N–H and O–H groups in total. The Balaban J connectivity index is 2.22. The van der Waals surface area contributed by atoms with E-state index in [1.807, 2.05) is 6.92 Å². The van der Waals surface area contributed by atoms with E-state index < -0.39 is 4.92 Å². The first-order valence-electron chi connectivity index (χ1n) is 7.37. The van der Waals surface area contributed by atoms with E-state index in [1.54, 1.807) is 31.4 Å². The minimum Gasteiger partial charge on any atom is -0.494 e. The van der Waals surface area contributed by atoms with Crippen LogP contribution in [0.4, 0.5) is 23.0 Å². The van der Waals surface area contributed by atoms with Gasteiger partial charge in [-0.1, -0.05) is 0 Å². The summed E-state index contributed by atoms with van der Waals surface area (Å²) in [5.41, 5.74) is 0.436. The van der Waals surface area contributed by atoms with Gasteiger partial charge < -0.3 is 20.1 Å². The first-order chi connectivity index (χ1) is 11.7. The zero-order valence-electron chi connectivity index (χ0n) is 13.5. The van der Waals surface area contributed by atoms with Crippen molar-refractivity contribution in [2.75, 3.05) is 37.5 Å². The first-order valence-corrected chi connectivity index (χ1v) is 7.37. The van der Waals surface area contributed by atoms with E-state index in [9.17, 15) is 10.1 Å². The van der Waals surface area contributed by atoms with Crippen LogP contribution < -0.4 is 15.4 Å². The topological polar surface area (TPSA) is 111 Å². The number of nitrogens with one attached hydrogen (secondary N) is 2. The van der Waals surface area contributed by atoms with Gasteiger partial charge in [-0.3, -0.25) is 10.1 Å². The average molecular weight is 333 g/mol. The molecule has 0 spiro atoms. The van der Waals surface area contributed by atoms with Crippen LogP contribution in [0.1, 0.15) is 6.92 Å². The lowest BCUT2D eigenvalue weighted by Crippen LogP contribution is -2.12. The summed E-state index contributed by atoms with van der Waals surface area (Å²) in [5, 5.41) is 17.2. The van der Waals surface area contributed by atoms with Gasteiger partial charge in [0.15, 0.2) is 0 Å². The molecule has 1 heterocycles. The standard InChI is InChI=1S/C15H19N5O4/c1-3-24-12-6-4-11(5-7-12)19-15-13(20(21)22)14(17-10-18-15)16-8-9-23-2/h4-7,10H,3,8-9H2,1-2H3,(H2,16,17,18,19). The largest absolute Gasteiger partial charge is 0.494 e. The number of methoxy groups -OCH3 is 1. The third-order valence-corrected chi connectivity index (χ3v) is 3.03. The second-order valence-corrected chi connectivity index (χ2v) is 4.68. The average Bonchev–Trinajstić information content (AvgIpc) is 2.57. The van der Waals surface area contributed by atoms with Crippen LogP contribution in [0.3, 0.4) is 0 Å². The molecule has 0 atom stereocenters. The van der Waals surface area contributed by atoms with Gasteiger partial charge in [-0.05, 0) is 31.2 Å². The number of nitrogens with zero attached hydrogens (tertiary/aromatic N) is 3. The molecule has 128 valence electrons. The highest BCUT2D eigenvalue weighted by atomic mass is 16.6. The van der Waals surface area contributed by atoms with E-state index >= 15 is 0 Å². The second-order valence-electron chi connectivity index (χ2n) is 4.68. The molecule has 0 radical (unpaired) electrons. The Morgan fingerprint density at radius 3 is 2.54 bits per heavy atom. The Hall–Kier alpha value is -2.94. The van der Waals surface area contributed by atoms with Crippen LogP contribution in [0.15, 0.2) is 30.6 Å². The molecule has 24 heavy (non-hydrogen) atoms. The summed E-state index contributed by atoms with van der Waals surface area (Å²) in [4.78, 5) is 18.8. The van der Waals surface area contributed by atoms with Crippen LogP contribution in [-0.4, -0.2) is 41.8 Å². The Morgan fingerprint density at radius 2 is 1.92 bits per heavy atom. The molecule has 0 unspecified atom stereocenters. The first kappa shape index (κ1) is 17.4. The molecule has 0 saturated carbocycles. The van der Waals surface area contributed by atoms with Crippen LogP contribution in [-0.2, 0) is 4.74 Å². The fourth-order valence-corrected chi connectivity index (χ4v) is 1.98. The maximum atomic E-state index is 11.4. The summed E-state index contributed by atoms with van der Waals surface area (Å²) in [6.45, 7) is 3.27. The minimum atomic E-state index is -0.522. The Bertz CT molecular complexity index is 678. The van der Waals surface area contributed by atoms with Gasteiger partial charge in [0.05, 0.1) is 18.1 Å². The van der Waals surface area contributed by atoms with Crippen molar-refractivity contribution in [2.24, 2.45) is 0 Å². The van der Waals surface area contributed by atoms with Crippen molar-refractivity contribution in [3.05, 3.63) is 40.7 Å². The quantitative estimate of drug-likeness (QED) is 0.409. The number of rotatable bonds is 9. The van der Waals surface area contributed by atoms with Gasteiger partial charge in [0.25, 0.3) is 0 Å². The number of benzene rings is 1. The smallest absolute Gasteiger partial charge is 0.353 e. The predicted molar refractivity (Wildman–Crippen MR) is 89.9 cm³/mol. The molecule has 0 fully saturated rings. The molecule has 0 aliphatic rings. The highest BCUT2D eigenvalue weighted by Crippen LogP contribution is 2.31. The van der Waals surface area contributed by atoms with Gasteiger partial charge in [0.1, 0.15) is 12.1 Å². The van der Waals surface area contributed by atoms with Crippen molar-refractivity contribution in [3.8, 4) is 5.75 Å². The summed E-state index contributed by atoms with van der Waals surface area (Å²) in [7, 11) is 1.55. The normalized spacial score (nSPS) is 10.2. The molecule has 0 saturated heterocycles. The monoisotopic (exact) mass is 333 g/mol. The molecule has 1 aromatic carbocycles. The molecule has 9 heteroatoms. The van der Waals surface area contributed by atoms with Crippen molar-refractivity contribution in [2.45, 2.75) is 6.92 Å². The van der Waals surface area contributed by atoms with Gasteiger partial charge in [-0.25, -0.2) is 9.97 Å². The van der Waals surface area contributed by atoms with Crippen LogP contribution in [0.5, 0.6) is 5.75 Å². The predicted octanol–water partition coefficient (Wildman–Crippen LogP) is 2.59. The third kappa shape index (κ3) is 4.53. The lowest BCUT2D eigenvalue weighted by molar-refractivity contribution is -0.383. The Labute approximate surface area is 139 Å². The Morgan fingerprint density at radius 1 is 1.21 bits per heavy atom. The van der Waals surface area contributed by atoms with Gasteiger partial charge in [0.2, 0.25) is 11.6 Å². The molecule has 0 aliphatic carbocycles. The van der Waals surface area contributed by atoms with E-state index in [0.29, 0.717) is 25.4 Å². The Kier molecular flexibility index (Phi) is 6.26. The van der Waals surface area contributed by atoms with E-state index in [-0.39, 0.29) is 17.3 Å². The molecule has 1 aromatic heterocycles. The minimum absolute atomic E-state index is 0.110. The molecule has 9 nitrogen and oxygen atoms in total. The maximum absolute atomic E-state index is 11.4. The lowest BCUT2D eigenvalue weighted by atomic mass is 10.3. The molecule has 2 rings (SSSR count). The molecule has 0 bridgehead atoms. The van der Waals surface area contributed by atoms with Crippen LogP contribution in [0.25, 0.3) is 0 Å². The second kappa shape index (κ2) is 8.63. The van der Waals surface area contributed by atoms with E-state index in [0.717, 1.165) is 5.75 Å². The van der Waals surface area contributed by atoms with Crippen molar-refractivity contribution in [1.29, 1.82) is 0 Å². The summed E-state index contributed by atoms with van der Waals surface area (Å²) in [6, 6.07) is 7.07. The van der Waals surface area contributed by atoms with Crippen LogP contribution in [0.2, 0.25) is 0 Å². The molecule has 0 aliphatic heterocycles. The molecule has 2 aromatic rings. The van der Waals surface area contributed by atoms with Gasteiger partial charge >= 0.3 is 5.69 Å². The zero-order chi connectivity index (χ0) is 17.4. The number of aromatic nitrogens is 2. The highest BCUT2D eigenvalue weighted by molar-refractivity contribution is 5.73. The number of hydrogen-bond donors (Lipinski definition) is 2. The van der Waals surface area contributed by atoms with Crippen molar-refractivity contribution < 1.29 is 14.4 Å². The van der Waals surface area contributed by atoms with E-state index in [4.69, 9.17) is 9.47 Å². The summed E-state index contributed by atoms with van der Waals surface area (Å²) >= 11 is 0. The maximum Gasteiger partial charge on any atom is 0.353 e. The SMILES string of the molecule is CCOc1ccc(Nc2ncnc(NCCOC)c2[N+](=O)[O-])cc1. The van der Waals surface area contributed by atoms with Crippen LogP contribution in [0, 0.1) is 10.1 Å². The summed E-state index contributed by atoms with van der Waals surface area (Å²) in [6.07, 6.45) is 1.26. The van der Waals surface area contributed by atoms with E-state index in [2.05, 4.69) is 20.6 Å². The molecular formula is C15H19N5O4. The highest BCUT2D eigenvalue weighted by Gasteiger charge is 2.22. The van der Waals surface area contributed by atoms with Gasteiger partial charge in [-0.2, -0.15) is 0 Å². The number of hydrogen-bond acceptors (Lipinski definition) is 8. The van der Waals surface area contributed by atoms with Crippen molar-refractivity contribution >= 4 is 23.0 Å². The number of ether oxygens (including phenoxy) is 2. The van der Waals surface area contributed by atoms with Gasteiger partial charge in [-0.15, -0.1) is 0 Å². The fourth-order valence-electron chi connectivity index (χ4n) is 1.98. The van der Waals surface area contributed by atoms with E-state index in [1.165, 1.54) is 6.33 Å². The summed E-state index contributed by atoms with van der Waals surface area (Å²) in [5.74, 6) is 0.974. The van der Waals surface area contributed by atoms with Crippen LogP contribution >= 0.6 is 0 Å². The number of nitro groups is 1. The number of anilines is 3. The molecular weight excluding hydrogens is 314 g/mol. The van der Waals surface area contributed by atoms with Crippen molar-refractivity contribution in [1.82, 2.24) is 9.97 Å². The van der Waals surface area contributed by atoms with Crippen molar-refractivity contribution in [3.63, 3.8) is 0 Å². The lowest BCUT2D eigenvalue weighted by Gasteiger charge is -2.10. The third-order valence-electron chi connectivity index (χ3n) is 3.03. The summed E-state index contributed by atoms with van der Waals surface area (Å²) < 4.78 is 10.3. The van der Waals surface area contributed by atoms with Gasteiger partial charge in [0, 0.05) is 19.3 Å². The zero-order valence-corrected chi connectivity index (χ0v) is 13.5. The fraction of sp³-hybridized carbons (Fsp3) is 0.333.